The third kappa shape index (κ3) is 8.70. The van der Waals surface area contributed by atoms with E-state index in [-0.39, 0.29) is 47.6 Å². The van der Waals surface area contributed by atoms with Crippen LogP contribution in [0, 0.1) is 5.82 Å². The number of carbonyl (C=O) groups excluding carboxylic acids is 3. The number of aliphatic hydroxyl groups excluding tert-OH is 1. The lowest BCUT2D eigenvalue weighted by molar-refractivity contribution is -0.136. The summed E-state index contributed by atoms with van der Waals surface area (Å²) < 4.78 is 20.1. The highest BCUT2D eigenvalue weighted by molar-refractivity contribution is 6.05. The largest absolute Gasteiger partial charge is 0.508 e. The predicted molar refractivity (Wildman–Crippen MR) is 212 cm³/mol. The molecule has 3 aliphatic heterocycles. The van der Waals surface area contributed by atoms with Gasteiger partial charge in [0.1, 0.15) is 23.4 Å². The summed E-state index contributed by atoms with van der Waals surface area (Å²) in [7, 11) is 0. The SMILES string of the molecule is C=C/C(O)=C\C1=C(C)[C@@H](c2cccc(OCCCCCN3CCN(c4ccc5c(c4)CN(C4CCC(=O)NC4=O)C5=O)CC3)c2)[C@@H](c2ccc(F)cc2)CC1. The second-order valence-corrected chi connectivity index (χ2v) is 15.2. The number of fused-ring (bicyclic) bond motifs is 1. The van der Waals surface area contributed by atoms with E-state index in [1.165, 1.54) is 23.8 Å². The summed E-state index contributed by atoms with van der Waals surface area (Å²) in [6.45, 7) is 11.7. The molecule has 3 atom stereocenters. The third-order valence-corrected chi connectivity index (χ3v) is 11.8. The predicted octanol–water partition coefficient (Wildman–Crippen LogP) is 7.56. The van der Waals surface area contributed by atoms with E-state index in [0.29, 0.717) is 25.1 Å². The number of piperazine rings is 1. The topological polar surface area (TPSA) is 102 Å². The van der Waals surface area contributed by atoms with Crippen molar-refractivity contribution in [1.82, 2.24) is 15.1 Å². The van der Waals surface area contributed by atoms with E-state index in [1.54, 1.807) is 4.90 Å². The molecule has 55 heavy (non-hydrogen) atoms. The van der Waals surface area contributed by atoms with Crippen LogP contribution in [0.3, 0.4) is 0 Å². The van der Waals surface area contributed by atoms with Crippen LogP contribution in [0.2, 0.25) is 0 Å². The first-order valence-electron chi connectivity index (χ1n) is 19.6. The molecule has 7 rings (SSSR count). The molecule has 4 aliphatic rings. The number of allylic oxidation sites excluding steroid dienone is 4. The number of benzene rings is 3. The Kier molecular flexibility index (Phi) is 11.8. The summed E-state index contributed by atoms with van der Waals surface area (Å²) in [4.78, 5) is 43.6. The molecule has 3 amide bonds. The van der Waals surface area contributed by atoms with Crippen LogP contribution in [0.4, 0.5) is 10.1 Å². The highest BCUT2D eigenvalue weighted by Gasteiger charge is 2.39. The molecule has 3 heterocycles. The Bertz CT molecular complexity index is 1980. The quantitative estimate of drug-likeness (QED) is 0.0806. The second kappa shape index (κ2) is 17.1. The smallest absolute Gasteiger partial charge is 0.255 e. The molecule has 0 radical (unpaired) electrons. The Labute approximate surface area is 323 Å². The maximum absolute atomic E-state index is 13.8. The summed E-state index contributed by atoms with van der Waals surface area (Å²) in [5, 5.41) is 12.6. The number of imide groups is 1. The van der Waals surface area contributed by atoms with Gasteiger partial charge in [0.25, 0.3) is 5.91 Å². The number of unbranched alkanes of at least 4 members (excludes halogenated alkanes) is 2. The Morgan fingerprint density at radius 3 is 2.51 bits per heavy atom. The molecular formula is C45H51FN4O5. The molecule has 2 fully saturated rings. The number of nitrogens with zero attached hydrogens (tertiary/aromatic N) is 3. The lowest BCUT2D eigenvalue weighted by Gasteiger charge is -2.36. The van der Waals surface area contributed by atoms with Crippen LogP contribution in [0.5, 0.6) is 5.75 Å². The molecule has 0 spiro atoms. The minimum atomic E-state index is -0.601. The minimum absolute atomic E-state index is 0.0642. The van der Waals surface area contributed by atoms with Gasteiger partial charge in [-0.15, -0.1) is 0 Å². The van der Waals surface area contributed by atoms with E-state index in [4.69, 9.17) is 4.74 Å². The van der Waals surface area contributed by atoms with Crippen LogP contribution in [0.15, 0.2) is 102 Å². The number of rotatable bonds is 13. The zero-order chi connectivity index (χ0) is 38.5. The fourth-order valence-electron chi connectivity index (χ4n) is 8.74. The first kappa shape index (κ1) is 38.1. The van der Waals surface area contributed by atoms with Crippen molar-refractivity contribution < 1.29 is 28.6 Å². The molecule has 3 aromatic rings. The highest BCUT2D eigenvalue weighted by atomic mass is 19.1. The van der Waals surface area contributed by atoms with Crippen LogP contribution < -0.4 is 15.0 Å². The lowest BCUT2D eigenvalue weighted by Crippen LogP contribution is -2.52. The van der Waals surface area contributed by atoms with Crippen molar-refractivity contribution in [3.8, 4) is 5.75 Å². The fraction of sp³-hybridized carbons (Fsp3) is 0.400. The molecule has 2 N–H and O–H groups in total. The standard InChI is InChI=1S/C45H51FN4O5/c1-3-37(51)27-32-12-16-39(31-10-13-35(46)14-11-31)43(30(32)2)33-8-7-9-38(28-33)55-25-6-4-5-20-48-21-23-49(24-22-48)36-15-17-40-34(26-36)29-50(45(40)54)41-18-19-42(52)47-44(41)53/h3,7-11,13-15,17,26-28,39,41,43,51H,1,4-6,12,16,18-25,29H2,2H3,(H,47,52,53)/b37-27+/t39-,41?,43+/m1/s1. The molecule has 0 aromatic heterocycles. The van der Waals surface area contributed by atoms with Crippen molar-refractivity contribution in [1.29, 1.82) is 0 Å². The van der Waals surface area contributed by atoms with Gasteiger partial charge in [-0.1, -0.05) is 36.4 Å². The number of aliphatic hydroxyl groups is 1. The first-order chi connectivity index (χ1) is 26.7. The zero-order valence-electron chi connectivity index (χ0n) is 31.6. The van der Waals surface area contributed by atoms with Crippen LogP contribution in [0.25, 0.3) is 0 Å². The van der Waals surface area contributed by atoms with Gasteiger partial charge in [-0.3, -0.25) is 24.6 Å². The van der Waals surface area contributed by atoms with Crippen LogP contribution >= 0.6 is 0 Å². The number of amides is 3. The number of hydrogen-bond acceptors (Lipinski definition) is 7. The summed E-state index contributed by atoms with van der Waals surface area (Å²) >= 11 is 0. The zero-order valence-corrected chi connectivity index (χ0v) is 31.6. The summed E-state index contributed by atoms with van der Waals surface area (Å²) in [5.41, 5.74) is 7.23. The van der Waals surface area contributed by atoms with Crippen molar-refractivity contribution in [3.05, 3.63) is 130 Å². The Morgan fingerprint density at radius 1 is 0.945 bits per heavy atom. The Hall–Kier alpha value is -5.22. The highest BCUT2D eigenvalue weighted by Crippen LogP contribution is 2.48. The number of anilines is 1. The van der Waals surface area contributed by atoms with Crippen molar-refractivity contribution in [2.45, 2.75) is 76.3 Å². The van der Waals surface area contributed by atoms with E-state index in [2.05, 4.69) is 46.8 Å². The number of ether oxygens (including phenoxy) is 1. The minimum Gasteiger partial charge on any atom is -0.508 e. The molecule has 0 bridgehead atoms. The van der Waals surface area contributed by atoms with Crippen LogP contribution in [0.1, 0.15) is 90.8 Å². The Morgan fingerprint density at radius 2 is 1.75 bits per heavy atom. The summed E-state index contributed by atoms with van der Waals surface area (Å²) in [5.74, 6) is 0.195. The van der Waals surface area contributed by atoms with Gasteiger partial charge in [0.2, 0.25) is 11.8 Å². The first-order valence-corrected chi connectivity index (χ1v) is 19.6. The molecule has 3 aromatic carbocycles. The number of piperidine rings is 1. The molecule has 288 valence electrons. The number of carbonyl (C=O) groups is 3. The fourth-order valence-corrected chi connectivity index (χ4v) is 8.74. The van der Waals surface area contributed by atoms with Gasteiger partial charge in [-0.2, -0.15) is 0 Å². The van der Waals surface area contributed by atoms with Crippen molar-refractivity contribution in [2.75, 3.05) is 44.2 Å². The molecule has 0 saturated carbocycles. The number of halogens is 1. The maximum Gasteiger partial charge on any atom is 0.255 e. The molecule has 10 heteroatoms. The van der Waals surface area contributed by atoms with Gasteiger partial charge in [-0.25, -0.2) is 4.39 Å². The summed E-state index contributed by atoms with van der Waals surface area (Å²) in [6, 6.07) is 20.6. The third-order valence-electron chi connectivity index (χ3n) is 11.8. The van der Waals surface area contributed by atoms with E-state index >= 15 is 0 Å². The van der Waals surface area contributed by atoms with Gasteiger partial charge >= 0.3 is 0 Å². The van der Waals surface area contributed by atoms with E-state index in [9.17, 15) is 23.9 Å². The molecule has 1 aliphatic carbocycles. The molecule has 9 nitrogen and oxygen atoms in total. The van der Waals surface area contributed by atoms with E-state index in [0.717, 1.165) is 98.5 Å². The van der Waals surface area contributed by atoms with Gasteiger partial charge in [0.05, 0.1) is 6.61 Å². The van der Waals surface area contributed by atoms with Crippen LogP contribution in [-0.2, 0) is 16.1 Å². The number of nitrogens with one attached hydrogen (secondary N) is 1. The van der Waals surface area contributed by atoms with Gasteiger partial charge in [0.15, 0.2) is 0 Å². The van der Waals surface area contributed by atoms with Gasteiger partial charge in [-0.05, 0) is 135 Å². The number of hydrogen-bond donors (Lipinski definition) is 2. The molecular weight excluding hydrogens is 696 g/mol. The Balaban J connectivity index is 0.871. The van der Waals surface area contributed by atoms with E-state index < -0.39 is 6.04 Å². The second-order valence-electron chi connectivity index (χ2n) is 15.2. The average molecular weight is 747 g/mol. The van der Waals surface area contributed by atoms with Crippen molar-refractivity contribution in [3.63, 3.8) is 0 Å². The lowest BCUT2D eigenvalue weighted by atomic mass is 9.69. The van der Waals surface area contributed by atoms with Gasteiger partial charge in [0, 0.05) is 56.3 Å². The van der Waals surface area contributed by atoms with E-state index in [1.807, 2.05) is 42.5 Å². The van der Waals surface area contributed by atoms with Crippen LogP contribution in [-0.4, -0.2) is 78.0 Å². The van der Waals surface area contributed by atoms with Gasteiger partial charge < -0.3 is 19.6 Å². The van der Waals surface area contributed by atoms with Crippen molar-refractivity contribution in [2.24, 2.45) is 0 Å². The summed E-state index contributed by atoms with van der Waals surface area (Å²) in [6.07, 6.45) is 8.72. The molecule has 1 unspecified atom stereocenters. The molecule has 2 saturated heterocycles. The monoisotopic (exact) mass is 746 g/mol. The normalized spacial score (nSPS) is 22.2. The maximum atomic E-state index is 13.8. The average Bonchev–Trinajstić information content (AvgIpc) is 3.52. The van der Waals surface area contributed by atoms with Crippen molar-refractivity contribution >= 4 is 23.4 Å².